The van der Waals surface area contributed by atoms with Crippen molar-refractivity contribution in [1.82, 2.24) is 10.9 Å². The molecule has 2 rings (SSSR count). The highest BCUT2D eigenvalue weighted by atomic mass is 15.5. The number of aryl methyl sites for hydroxylation is 2. The molecular formula is C15H18N6. The van der Waals surface area contributed by atoms with Gasteiger partial charge >= 0.3 is 5.96 Å². The first-order chi connectivity index (χ1) is 10.2. The maximum Gasteiger partial charge on any atom is 0.467 e. The van der Waals surface area contributed by atoms with Gasteiger partial charge in [0, 0.05) is 0 Å². The zero-order valence-electron chi connectivity index (χ0n) is 12.0. The van der Waals surface area contributed by atoms with Gasteiger partial charge in [0.05, 0.1) is 11.4 Å². The highest BCUT2D eigenvalue weighted by molar-refractivity contribution is 5.77. The van der Waals surface area contributed by atoms with Crippen molar-refractivity contribution < 1.29 is 4.79 Å². The number of hydrazine groups is 2. The number of anilines is 2. The first-order valence-electron chi connectivity index (χ1n) is 6.57. The van der Waals surface area contributed by atoms with Crippen LogP contribution in [0.25, 0.3) is 5.53 Å². The summed E-state index contributed by atoms with van der Waals surface area (Å²) in [7, 11) is 0. The summed E-state index contributed by atoms with van der Waals surface area (Å²) < 4.78 is 0. The van der Waals surface area contributed by atoms with Crippen LogP contribution < -0.4 is 21.7 Å². The van der Waals surface area contributed by atoms with Gasteiger partial charge in [-0.25, -0.2) is 0 Å². The molecule has 0 saturated heterocycles. The first kappa shape index (κ1) is 14.4. The maximum absolute atomic E-state index is 8.95. The van der Waals surface area contributed by atoms with E-state index >= 15 is 0 Å². The quantitative estimate of drug-likeness (QED) is 0.228. The number of guanidine groups is 1. The molecule has 0 saturated carbocycles. The van der Waals surface area contributed by atoms with Crippen molar-refractivity contribution >= 4 is 17.3 Å². The van der Waals surface area contributed by atoms with E-state index in [1.807, 2.05) is 62.4 Å². The van der Waals surface area contributed by atoms with Crippen molar-refractivity contribution in [2.24, 2.45) is 0 Å². The van der Waals surface area contributed by atoms with Gasteiger partial charge in [0.15, 0.2) is 0 Å². The summed E-state index contributed by atoms with van der Waals surface area (Å²) in [4.78, 5) is 3.12. The van der Waals surface area contributed by atoms with Gasteiger partial charge in [-0.3, -0.25) is 10.9 Å². The highest BCUT2D eigenvalue weighted by Gasteiger charge is 2.05. The van der Waals surface area contributed by atoms with Crippen molar-refractivity contribution in [2.75, 3.05) is 10.9 Å². The molecule has 0 amide bonds. The van der Waals surface area contributed by atoms with Gasteiger partial charge in [-0.2, -0.15) is 10.9 Å². The number of rotatable bonds is 4. The van der Waals surface area contributed by atoms with E-state index in [1.54, 1.807) is 0 Å². The van der Waals surface area contributed by atoms with Gasteiger partial charge in [0.25, 0.3) is 0 Å². The molecule has 6 nitrogen and oxygen atoms in total. The molecule has 0 bridgehead atoms. The summed E-state index contributed by atoms with van der Waals surface area (Å²) in [6, 6.07) is 15.6. The molecule has 2 aromatic carbocycles. The van der Waals surface area contributed by atoms with Gasteiger partial charge < -0.3 is 10.3 Å². The minimum atomic E-state index is 0.149. The van der Waals surface area contributed by atoms with Gasteiger partial charge in [0.2, 0.25) is 0 Å². The molecule has 21 heavy (non-hydrogen) atoms. The van der Waals surface area contributed by atoms with Crippen LogP contribution in [0.15, 0.2) is 48.5 Å². The highest BCUT2D eigenvalue weighted by Crippen LogP contribution is 2.07. The van der Waals surface area contributed by atoms with Crippen molar-refractivity contribution in [2.45, 2.75) is 13.8 Å². The summed E-state index contributed by atoms with van der Waals surface area (Å²) in [5.74, 6) is 0.149. The Morgan fingerprint density at radius 3 is 1.48 bits per heavy atom. The van der Waals surface area contributed by atoms with E-state index in [4.69, 9.17) is 5.53 Å². The molecule has 108 valence electrons. The Balaban J connectivity index is 1.85. The molecule has 0 spiro atoms. The Morgan fingerprint density at radius 1 is 0.762 bits per heavy atom. The molecule has 6 heteroatoms. The summed E-state index contributed by atoms with van der Waals surface area (Å²) >= 11 is 0. The molecule has 4 N–H and O–H groups in total. The maximum atomic E-state index is 8.95. The summed E-state index contributed by atoms with van der Waals surface area (Å²) in [6.07, 6.45) is 0. The van der Waals surface area contributed by atoms with Crippen LogP contribution in [0.3, 0.4) is 0 Å². The van der Waals surface area contributed by atoms with Gasteiger partial charge in [-0.1, -0.05) is 35.4 Å². The average Bonchev–Trinajstić information content (AvgIpc) is 2.51. The Bertz CT molecular complexity index is 575. The van der Waals surface area contributed by atoms with Gasteiger partial charge in [-0.15, -0.1) is 0 Å². The second-order valence-electron chi connectivity index (χ2n) is 4.68. The minimum absolute atomic E-state index is 0.149. The van der Waals surface area contributed by atoms with Crippen LogP contribution in [0.5, 0.6) is 0 Å². The molecule has 0 aliphatic rings. The predicted octanol–water partition coefficient (Wildman–Crippen LogP) is 2.42. The molecule has 0 aliphatic heterocycles. The lowest BCUT2D eigenvalue weighted by Crippen LogP contribution is -2.44. The molecule has 0 heterocycles. The number of benzene rings is 2. The van der Waals surface area contributed by atoms with Crippen LogP contribution in [0, 0.1) is 13.8 Å². The smallest absolute Gasteiger partial charge is 0.467 e. The fourth-order valence-electron chi connectivity index (χ4n) is 1.62. The van der Waals surface area contributed by atoms with E-state index < -0.39 is 0 Å². The lowest BCUT2D eigenvalue weighted by atomic mass is 10.2. The molecule has 0 fully saturated rings. The normalized spacial score (nSPS) is 9.43. The molecule has 0 unspecified atom stereocenters. The zero-order chi connectivity index (χ0) is 15.1. The fraction of sp³-hybridized carbons (Fsp3) is 0.133. The summed E-state index contributed by atoms with van der Waals surface area (Å²) in [5, 5.41) is 0. The fourth-order valence-corrected chi connectivity index (χ4v) is 1.62. The molecule has 0 radical (unpaired) electrons. The third-order valence-electron chi connectivity index (χ3n) is 2.85. The molecule has 0 atom stereocenters. The van der Waals surface area contributed by atoms with E-state index in [-0.39, 0.29) is 5.96 Å². The lowest BCUT2D eigenvalue weighted by Gasteiger charge is -2.07. The number of hydrogen-bond donors (Lipinski definition) is 4. The van der Waals surface area contributed by atoms with Gasteiger partial charge in [-0.05, 0) is 38.1 Å². The molecule has 0 aromatic heterocycles. The van der Waals surface area contributed by atoms with Crippen LogP contribution in [0.2, 0.25) is 0 Å². The average molecular weight is 282 g/mol. The lowest BCUT2D eigenvalue weighted by molar-refractivity contribution is -0.0149. The number of nitrogens with one attached hydrogen (secondary N) is 4. The monoisotopic (exact) mass is 282 g/mol. The van der Waals surface area contributed by atoms with Crippen LogP contribution in [-0.2, 0) is 0 Å². The van der Waals surface area contributed by atoms with Crippen LogP contribution >= 0.6 is 0 Å². The van der Waals surface area contributed by atoms with E-state index in [0.717, 1.165) is 11.4 Å². The van der Waals surface area contributed by atoms with Crippen LogP contribution in [0.1, 0.15) is 11.1 Å². The Labute approximate surface area is 123 Å². The van der Waals surface area contributed by atoms with Crippen LogP contribution in [0.4, 0.5) is 11.4 Å². The standard InChI is InChI=1S/C15H18N6/c1-11-3-7-13(8-4-11)18-20-15(17-16)21-19-14-9-5-12(2)6-10-14/h3-10,18-21H,1-2H3. The van der Waals surface area contributed by atoms with Crippen molar-refractivity contribution in [3.63, 3.8) is 0 Å². The predicted molar refractivity (Wildman–Crippen MR) is 84.5 cm³/mol. The first-order valence-corrected chi connectivity index (χ1v) is 6.57. The third-order valence-corrected chi connectivity index (χ3v) is 2.85. The minimum Gasteiger partial charge on any atom is -0.542 e. The molecular weight excluding hydrogens is 264 g/mol. The topological polar surface area (TPSA) is 84.5 Å². The zero-order valence-corrected chi connectivity index (χ0v) is 12.0. The Morgan fingerprint density at radius 2 is 1.14 bits per heavy atom. The molecule has 2 aromatic rings. The molecule has 0 aliphatic carbocycles. The largest absolute Gasteiger partial charge is 0.542 e. The van der Waals surface area contributed by atoms with Crippen molar-refractivity contribution in [3.8, 4) is 0 Å². The SMILES string of the molecule is Cc1ccc(NNC(=[N+]=[N-])NNc2ccc(C)cc2)cc1. The van der Waals surface area contributed by atoms with E-state index in [9.17, 15) is 0 Å². The van der Waals surface area contributed by atoms with E-state index in [0.29, 0.717) is 0 Å². The number of hydrogen-bond acceptors (Lipinski definition) is 2. The van der Waals surface area contributed by atoms with Gasteiger partial charge in [0.1, 0.15) is 0 Å². The number of nitrogens with zero attached hydrogens (tertiary/aromatic N) is 2. The second-order valence-corrected chi connectivity index (χ2v) is 4.68. The summed E-state index contributed by atoms with van der Waals surface area (Å²) in [5.41, 5.74) is 24.4. The Kier molecular flexibility index (Phi) is 4.79. The summed E-state index contributed by atoms with van der Waals surface area (Å²) in [6.45, 7) is 4.04. The van der Waals surface area contributed by atoms with Crippen molar-refractivity contribution in [1.29, 1.82) is 0 Å². The van der Waals surface area contributed by atoms with Crippen LogP contribution in [-0.4, -0.2) is 10.7 Å². The van der Waals surface area contributed by atoms with Crippen molar-refractivity contribution in [3.05, 3.63) is 65.2 Å². The third kappa shape index (κ3) is 4.56. The Hall–Kier alpha value is -2.98. The second kappa shape index (κ2) is 6.98. The van der Waals surface area contributed by atoms with E-state index in [2.05, 4.69) is 26.5 Å². The van der Waals surface area contributed by atoms with E-state index in [1.165, 1.54) is 11.1 Å².